The number of nitrogens with one attached hydrogen (secondary N) is 1. The number of non-ortho nitro benzene ring substituents is 1. The van der Waals surface area contributed by atoms with Crippen molar-refractivity contribution < 1.29 is 9.45 Å². The second kappa shape index (κ2) is 12.5. The van der Waals surface area contributed by atoms with Gasteiger partial charge in [-0.15, -0.1) is 24.0 Å². The zero-order valence-electron chi connectivity index (χ0n) is 19.1. The summed E-state index contributed by atoms with van der Waals surface area (Å²) in [6, 6.07) is 18.7. The van der Waals surface area contributed by atoms with E-state index in [9.17, 15) is 10.1 Å². The molecule has 0 bridgehead atoms. The maximum absolute atomic E-state index is 10.9. The average molecular weight is 576 g/mol. The molecule has 0 spiro atoms. The van der Waals surface area contributed by atoms with Crippen molar-refractivity contribution in [3.8, 4) is 0 Å². The molecular weight excluding hydrogens is 547 g/mol. The van der Waals surface area contributed by atoms with Crippen molar-refractivity contribution in [3.05, 3.63) is 93.4 Å². The topological polar surface area (TPSA) is 100 Å². The predicted octanol–water partition coefficient (Wildman–Crippen LogP) is 3.97. The Labute approximate surface area is 216 Å². The number of rotatable bonds is 7. The van der Waals surface area contributed by atoms with Crippen LogP contribution < -0.4 is 5.32 Å². The number of aryl methyl sites for hydroxylation is 1. The number of benzene rings is 2. The molecule has 0 atom stereocenters. The minimum absolute atomic E-state index is 0. The van der Waals surface area contributed by atoms with Crippen molar-refractivity contribution in [1.29, 1.82) is 0 Å². The number of hydrogen-bond donors (Lipinski definition) is 1. The Morgan fingerprint density at radius 3 is 2.41 bits per heavy atom. The minimum Gasteiger partial charge on any atom is -0.361 e. The van der Waals surface area contributed by atoms with Crippen LogP contribution in [0.5, 0.6) is 0 Å². The standard InChI is InChI=1S/C24H28N6O3.HI/c1-19-15-22(27-33-19)18-28-11-13-29(14-12-28)24(25-16-20-5-3-2-4-6-20)26-17-21-7-9-23(10-8-21)30(31)32;/h2-10,15H,11-14,16-18H2,1H3,(H,25,26);1H. The quantitative estimate of drug-likeness (QED) is 0.149. The molecule has 9 nitrogen and oxygen atoms in total. The lowest BCUT2D eigenvalue weighted by atomic mass is 10.2. The molecule has 2 heterocycles. The Bertz CT molecular complexity index is 1080. The zero-order valence-corrected chi connectivity index (χ0v) is 21.4. The van der Waals surface area contributed by atoms with Crippen LogP contribution in [0.4, 0.5) is 5.69 Å². The highest BCUT2D eigenvalue weighted by Gasteiger charge is 2.21. The van der Waals surface area contributed by atoms with Crippen LogP contribution in [0, 0.1) is 17.0 Å². The van der Waals surface area contributed by atoms with Gasteiger partial charge in [0.2, 0.25) is 0 Å². The fourth-order valence-electron chi connectivity index (χ4n) is 3.77. The number of halogens is 1. The van der Waals surface area contributed by atoms with Crippen LogP contribution in [0.15, 0.2) is 70.2 Å². The van der Waals surface area contributed by atoms with Crippen LogP contribution in [0.1, 0.15) is 22.6 Å². The first-order valence-corrected chi connectivity index (χ1v) is 11.0. The molecule has 1 N–H and O–H groups in total. The monoisotopic (exact) mass is 576 g/mol. The van der Waals surface area contributed by atoms with Crippen molar-refractivity contribution in [2.24, 2.45) is 4.99 Å². The van der Waals surface area contributed by atoms with Crippen molar-refractivity contribution in [3.63, 3.8) is 0 Å². The Kier molecular flexibility index (Phi) is 9.40. The molecule has 2 aromatic carbocycles. The first kappa shape index (κ1) is 25.6. The van der Waals surface area contributed by atoms with Crippen molar-refractivity contribution in [2.75, 3.05) is 26.2 Å². The maximum Gasteiger partial charge on any atom is 0.269 e. The van der Waals surface area contributed by atoms with Gasteiger partial charge in [-0.05, 0) is 18.1 Å². The molecule has 3 aromatic rings. The molecule has 1 aromatic heterocycles. The van der Waals surface area contributed by atoms with Crippen molar-refractivity contribution in [1.82, 2.24) is 20.3 Å². The maximum atomic E-state index is 10.9. The molecule has 1 saturated heterocycles. The summed E-state index contributed by atoms with van der Waals surface area (Å²) in [5.41, 5.74) is 3.16. The lowest BCUT2D eigenvalue weighted by molar-refractivity contribution is -0.384. The summed E-state index contributed by atoms with van der Waals surface area (Å²) in [6.07, 6.45) is 0. The highest BCUT2D eigenvalue weighted by Crippen LogP contribution is 2.13. The van der Waals surface area contributed by atoms with Crippen LogP contribution >= 0.6 is 24.0 Å². The highest BCUT2D eigenvalue weighted by atomic mass is 127. The number of aromatic nitrogens is 1. The van der Waals surface area contributed by atoms with Crippen LogP contribution in [-0.4, -0.2) is 52.0 Å². The smallest absolute Gasteiger partial charge is 0.269 e. The van der Waals surface area contributed by atoms with Gasteiger partial charge < -0.3 is 14.7 Å². The number of hydrogen-bond acceptors (Lipinski definition) is 6. The molecule has 10 heteroatoms. The third-order valence-corrected chi connectivity index (χ3v) is 5.59. The summed E-state index contributed by atoms with van der Waals surface area (Å²) in [6.45, 7) is 7.30. The fraction of sp³-hybridized carbons (Fsp3) is 0.333. The molecule has 0 saturated carbocycles. The molecule has 0 unspecified atom stereocenters. The Hall–Kier alpha value is -2.99. The van der Waals surface area contributed by atoms with Crippen molar-refractivity contribution >= 4 is 35.6 Å². The van der Waals surface area contributed by atoms with E-state index in [2.05, 4.69) is 32.4 Å². The number of piperazine rings is 1. The van der Waals surface area contributed by atoms with Gasteiger partial charge in [0, 0.05) is 57.5 Å². The SMILES string of the molecule is Cc1cc(CN2CCN(C(=NCc3ccccc3)NCc3ccc([N+](=O)[O-])cc3)CC2)no1.I. The summed E-state index contributed by atoms with van der Waals surface area (Å²) >= 11 is 0. The number of nitro benzene ring substituents is 1. The van der Waals surface area contributed by atoms with Gasteiger partial charge in [-0.1, -0.05) is 47.6 Å². The van der Waals surface area contributed by atoms with E-state index in [4.69, 9.17) is 9.52 Å². The molecule has 4 rings (SSSR count). The lowest BCUT2D eigenvalue weighted by Gasteiger charge is -2.36. The van der Waals surface area contributed by atoms with Gasteiger partial charge in [-0.2, -0.15) is 0 Å². The van der Waals surface area contributed by atoms with Crippen LogP contribution in [0.25, 0.3) is 0 Å². The molecule has 180 valence electrons. The van der Waals surface area contributed by atoms with Gasteiger partial charge in [0.1, 0.15) is 5.76 Å². The van der Waals surface area contributed by atoms with E-state index in [1.807, 2.05) is 31.2 Å². The summed E-state index contributed by atoms with van der Waals surface area (Å²) < 4.78 is 5.18. The van der Waals surface area contributed by atoms with Gasteiger partial charge in [0.25, 0.3) is 5.69 Å². The number of nitrogens with zero attached hydrogens (tertiary/aromatic N) is 5. The normalized spacial score (nSPS) is 14.5. The van der Waals surface area contributed by atoms with Crippen molar-refractivity contribution in [2.45, 2.75) is 26.6 Å². The molecule has 0 radical (unpaired) electrons. The third kappa shape index (κ3) is 7.26. The predicted molar refractivity (Wildman–Crippen MR) is 141 cm³/mol. The van der Waals surface area contributed by atoms with E-state index >= 15 is 0 Å². The summed E-state index contributed by atoms with van der Waals surface area (Å²) in [5.74, 6) is 1.67. The minimum atomic E-state index is -0.385. The third-order valence-electron chi connectivity index (χ3n) is 5.59. The van der Waals surface area contributed by atoms with Crippen LogP contribution in [0.3, 0.4) is 0 Å². The van der Waals surface area contributed by atoms with Gasteiger partial charge in [-0.3, -0.25) is 15.0 Å². The number of aliphatic imine (C=N–C) groups is 1. The zero-order chi connectivity index (χ0) is 23.0. The molecule has 1 aliphatic rings. The molecule has 34 heavy (non-hydrogen) atoms. The van der Waals surface area contributed by atoms with E-state index in [0.717, 1.165) is 61.3 Å². The molecule has 1 aliphatic heterocycles. The molecule has 0 amide bonds. The Balaban J connectivity index is 0.00000324. The van der Waals surface area contributed by atoms with Gasteiger partial charge in [0.05, 0.1) is 17.2 Å². The van der Waals surface area contributed by atoms with E-state index in [1.165, 1.54) is 12.1 Å². The second-order valence-corrected chi connectivity index (χ2v) is 8.09. The molecule has 0 aliphatic carbocycles. The first-order chi connectivity index (χ1) is 16.1. The summed E-state index contributed by atoms with van der Waals surface area (Å²) in [4.78, 5) is 20.0. The number of nitro groups is 1. The highest BCUT2D eigenvalue weighted by molar-refractivity contribution is 14.0. The van der Waals surface area contributed by atoms with Crippen LogP contribution in [0.2, 0.25) is 0 Å². The Morgan fingerprint density at radius 2 is 1.79 bits per heavy atom. The summed E-state index contributed by atoms with van der Waals surface area (Å²) in [5, 5.41) is 18.5. The van der Waals surface area contributed by atoms with Gasteiger partial charge >= 0.3 is 0 Å². The average Bonchev–Trinajstić information content (AvgIpc) is 3.25. The second-order valence-electron chi connectivity index (χ2n) is 8.09. The largest absolute Gasteiger partial charge is 0.361 e. The van der Waals surface area contributed by atoms with Crippen LogP contribution in [-0.2, 0) is 19.6 Å². The van der Waals surface area contributed by atoms with E-state index in [-0.39, 0.29) is 34.6 Å². The fourth-order valence-corrected chi connectivity index (χ4v) is 3.77. The summed E-state index contributed by atoms with van der Waals surface area (Å²) in [7, 11) is 0. The molecule has 1 fully saturated rings. The number of guanidine groups is 1. The van der Waals surface area contributed by atoms with E-state index in [0.29, 0.717) is 13.1 Å². The van der Waals surface area contributed by atoms with Gasteiger partial charge in [0.15, 0.2) is 5.96 Å². The lowest BCUT2D eigenvalue weighted by Crippen LogP contribution is -2.52. The van der Waals surface area contributed by atoms with E-state index < -0.39 is 0 Å². The van der Waals surface area contributed by atoms with Gasteiger partial charge in [-0.25, -0.2) is 4.99 Å². The first-order valence-electron chi connectivity index (χ1n) is 11.0. The Morgan fingerprint density at radius 1 is 1.09 bits per heavy atom. The van der Waals surface area contributed by atoms with E-state index in [1.54, 1.807) is 12.1 Å². The molecular formula is C24H29IN6O3.